The summed E-state index contributed by atoms with van der Waals surface area (Å²) in [6, 6.07) is 25.7. The lowest BCUT2D eigenvalue weighted by molar-refractivity contribution is -0.116. The highest BCUT2D eigenvalue weighted by atomic mass is 35.5. The van der Waals surface area contributed by atoms with Crippen molar-refractivity contribution >= 4 is 56.4 Å². The van der Waals surface area contributed by atoms with E-state index in [0.717, 1.165) is 17.4 Å². The summed E-state index contributed by atoms with van der Waals surface area (Å²) in [6.07, 6.45) is 7.34. The van der Waals surface area contributed by atoms with E-state index in [9.17, 15) is 18.6 Å². The van der Waals surface area contributed by atoms with Gasteiger partial charge in [-0.2, -0.15) is 14.5 Å². The zero-order valence-corrected chi connectivity index (χ0v) is 34.0. The lowest BCUT2D eigenvalue weighted by Gasteiger charge is -2.48. The van der Waals surface area contributed by atoms with Crippen LogP contribution in [-0.2, 0) is 34.1 Å². The van der Waals surface area contributed by atoms with E-state index >= 15 is 0 Å². The Morgan fingerprint density at radius 3 is 1.66 bits per heavy atom. The maximum Gasteiger partial charge on any atom is 0.211 e. The van der Waals surface area contributed by atoms with Crippen molar-refractivity contribution in [1.29, 1.82) is 0 Å². The highest BCUT2D eigenvalue weighted by molar-refractivity contribution is 7.88. The van der Waals surface area contributed by atoms with Gasteiger partial charge in [-0.3, -0.25) is 0 Å². The lowest BCUT2D eigenvalue weighted by Crippen LogP contribution is -2.57. The maximum atomic E-state index is 13.7. The van der Waals surface area contributed by atoms with Crippen molar-refractivity contribution in [3.8, 4) is 0 Å². The third-order valence-corrected chi connectivity index (χ3v) is 12.1. The molecule has 0 saturated heterocycles. The van der Waals surface area contributed by atoms with E-state index in [2.05, 4.69) is 25.5 Å². The molecule has 6 rings (SSSR count). The molecule has 0 fully saturated rings. The van der Waals surface area contributed by atoms with E-state index < -0.39 is 39.9 Å². The molecule has 2 heterocycles. The van der Waals surface area contributed by atoms with Crippen molar-refractivity contribution < 1.29 is 18.6 Å². The summed E-state index contributed by atoms with van der Waals surface area (Å²) in [7, 11) is -4.01. The molecule has 0 aliphatic carbocycles. The van der Waals surface area contributed by atoms with Crippen LogP contribution in [0.3, 0.4) is 0 Å². The van der Waals surface area contributed by atoms with Crippen molar-refractivity contribution in [3.05, 3.63) is 165 Å². The van der Waals surface area contributed by atoms with Crippen molar-refractivity contribution in [2.24, 2.45) is 0 Å². The molecule has 0 saturated carbocycles. The fourth-order valence-corrected chi connectivity index (χ4v) is 9.03. The first-order valence-corrected chi connectivity index (χ1v) is 20.9. The Kier molecular flexibility index (Phi) is 13.5. The van der Waals surface area contributed by atoms with E-state index in [1.165, 1.54) is 57.2 Å². The number of nitrogens with zero attached hydrogens (tertiary/aromatic N) is 7. The quantitative estimate of drug-likeness (QED) is 0.0838. The van der Waals surface area contributed by atoms with Gasteiger partial charge in [0.1, 0.15) is 48.6 Å². The number of hydrogen-bond acceptors (Lipinski definition) is 9. The van der Waals surface area contributed by atoms with Gasteiger partial charge in [0.15, 0.2) is 0 Å². The van der Waals surface area contributed by atoms with Crippen LogP contribution in [0.4, 0.5) is 0 Å². The standard InChI is InChI=1S/C39H40Cl4N8O4S/c1-56(54,55)49(19-17-29-10-6-3-7-11-29)23-39(53,33-15-13-31(41)21-35(33)43)37(51-27-46-25-48-51)36(50-26-45-24-47-50)38(52,32-14-12-30(40)20-34(32)42)22-44-18-16-28-8-4-2-5-9-28/h2-15,20-21,24-27,36-37,44,52-53H,16-19,22-23H2,1H3. The van der Waals surface area contributed by atoms with Gasteiger partial charge in [-0.15, -0.1) is 0 Å². The average molecular weight is 859 g/mol. The number of benzene rings is 4. The predicted molar refractivity (Wildman–Crippen MR) is 218 cm³/mol. The monoisotopic (exact) mass is 856 g/mol. The Labute approximate surface area is 345 Å². The molecule has 4 atom stereocenters. The first-order chi connectivity index (χ1) is 26.8. The smallest absolute Gasteiger partial charge is 0.211 e. The van der Waals surface area contributed by atoms with Gasteiger partial charge < -0.3 is 15.5 Å². The third-order valence-electron chi connectivity index (χ3n) is 9.72. The minimum Gasteiger partial charge on any atom is -0.381 e. The number of hydrogen-bond donors (Lipinski definition) is 3. The number of aliphatic hydroxyl groups is 2. The molecule has 17 heteroatoms. The predicted octanol–water partition coefficient (Wildman–Crippen LogP) is 6.38. The van der Waals surface area contributed by atoms with Gasteiger partial charge in [0, 0.05) is 50.9 Å². The number of rotatable bonds is 18. The summed E-state index contributed by atoms with van der Waals surface area (Å²) in [5.74, 6) is 0. The summed E-state index contributed by atoms with van der Waals surface area (Å²) >= 11 is 26.7. The second kappa shape index (κ2) is 18.1. The molecule has 0 aliphatic heterocycles. The van der Waals surface area contributed by atoms with Crippen molar-refractivity contribution in [2.45, 2.75) is 36.1 Å². The van der Waals surface area contributed by atoms with Crippen LogP contribution in [0, 0.1) is 0 Å². The second-order valence-corrected chi connectivity index (χ2v) is 17.2. The zero-order valence-electron chi connectivity index (χ0n) is 30.2. The lowest BCUT2D eigenvalue weighted by atomic mass is 9.73. The molecule has 3 N–H and O–H groups in total. The Morgan fingerprint density at radius 2 is 1.20 bits per heavy atom. The largest absolute Gasteiger partial charge is 0.381 e. The summed E-state index contributed by atoms with van der Waals surface area (Å²) in [4.78, 5) is 8.44. The zero-order chi connectivity index (χ0) is 39.9. The van der Waals surface area contributed by atoms with Gasteiger partial charge in [0.25, 0.3) is 0 Å². The number of nitrogens with one attached hydrogen (secondary N) is 1. The second-order valence-electron chi connectivity index (χ2n) is 13.5. The van der Waals surface area contributed by atoms with Crippen molar-refractivity contribution in [3.63, 3.8) is 0 Å². The highest BCUT2D eigenvalue weighted by Gasteiger charge is 2.56. The average Bonchev–Trinajstić information content (AvgIpc) is 3.90. The Hall–Kier alpha value is -3.89. The van der Waals surface area contributed by atoms with Crippen LogP contribution in [0.1, 0.15) is 34.3 Å². The number of halogens is 4. The molecular weight excluding hydrogens is 818 g/mol. The van der Waals surface area contributed by atoms with E-state index in [0.29, 0.717) is 24.4 Å². The van der Waals surface area contributed by atoms with Gasteiger partial charge >= 0.3 is 0 Å². The summed E-state index contributed by atoms with van der Waals surface area (Å²) in [5, 5.41) is 40.3. The van der Waals surface area contributed by atoms with E-state index in [-0.39, 0.29) is 39.3 Å². The van der Waals surface area contributed by atoms with Crippen LogP contribution in [0.5, 0.6) is 0 Å². The molecule has 0 amide bonds. The summed E-state index contributed by atoms with van der Waals surface area (Å²) in [6.45, 7) is -0.278. The van der Waals surface area contributed by atoms with Gasteiger partial charge in [-0.05, 0) is 54.8 Å². The van der Waals surface area contributed by atoms with Gasteiger partial charge in [-0.25, -0.2) is 27.7 Å². The molecule has 0 bridgehead atoms. The topological polar surface area (TPSA) is 151 Å². The Bertz CT molecular complexity index is 2290. The maximum absolute atomic E-state index is 13.7. The first kappa shape index (κ1) is 41.7. The van der Waals surface area contributed by atoms with Crippen molar-refractivity contribution in [1.82, 2.24) is 39.2 Å². The van der Waals surface area contributed by atoms with Gasteiger partial charge in [-0.1, -0.05) is 119 Å². The molecule has 2 aromatic heterocycles. The number of aromatic nitrogens is 6. The molecule has 12 nitrogen and oxygen atoms in total. The number of sulfonamides is 1. The molecule has 294 valence electrons. The van der Waals surface area contributed by atoms with Crippen LogP contribution in [0.15, 0.2) is 122 Å². The molecule has 4 unspecified atom stereocenters. The van der Waals surface area contributed by atoms with Gasteiger partial charge in [0.2, 0.25) is 10.0 Å². The van der Waals surface area contributed by atoms with Crippen LogP contribution in [0.25, 0.3) is 0 Å². The Balaban J connectivity index is 1.57. The third kappa shape index (κ3) is 9.62. The minimum atomic E-state index is -4.01. The van der Waals surface area contributed by atoms with Crippen LogP contribution in [0.2, 0.25) is 20.1 Å². The fraction of sp³-hybridized carbons (Fsp3) is 0.282. The molecule has 0 aliphatic rings. The van der Waals surface area contributed by atoms with E-state index in [1.54, 1.807) is 18.2 Å². The van der Waals surface area contributed by atoms with Crippen molar-refractivity contribution in [2.75, 3.05) is 32.4 Å². The molecule has 0 radical (unpaired) electrons. The van der Waals surface area contributed by atoms with E-state index in [1.807, 2.05) is 60.7 Å². The van der Waals surface area contributed by atoms with Crippen LogP contribution < -0.4 is 5.32 Å². The molecule has 4 aromatic carbocycles. The SMILES string of the molecule is CS(=O)(=O)N(CCc1ccccc1)CC(O)(c1ccc(Cl)cc1Cl)C(C(n1cncn1)C(O)(CNCCc1ccccc1)c1ccc(Cl)cc1Cl)n1cncn1. The summed E-state index contributed by atoms with van der Waals surface area (Å²) in [5.41, 5.74) is -2.07. The highest BCUT2D eigenvalue weighted by Crippen LogP contribution is 2.51. The minimum absolute atomic E-state index is 0.0112. The van der Waals surface area contributed by atoms with E-state index in [4.69, 9.17) is 46.4 Å². The molecule has 6 aromatic rings. The van der Waals surface area contributed by atoms with Crippen LogP contribution >= 0.6 is 46.4 Å². The molecule has 56 heavy (non-hydrogen) atoms. The fourth-order valence-electron chi connectivity index (χ4n) is 7.04. The summed E-state index contributed by atoms with van der Waals surface area (Å²) < 4.78 is 31.3. The Morgan fingerprint density at radius 1 is 0.714 bits per heavy atom. The van der Waals surface area contributed by atoms with Crippen LogP contribution in [-0.4, -0.2) is 84.9 Å². The first-order valence-electron chi connectivity index (χ1n) is 17.6. The molecule has 0 spiro atoms. The van der Waals surface area contributed by atoms with Gasteiger partial charge in [0.05, 0.1) is 6.26 Å². The molecular formula is C39H40Cl4N8O4S. The normalized spacial score (nSPS) is 15.3.